The van der Waals surface area contributed by atoms with Gasteiger partial charge in [-0.05, 0) is 48.6 Å². The molecule has 30 heteroatoms. The third-order valence-electron chi connectivity index (χ3n) is 6.56. The summed E-state index contributed by atoms with van der Waals surface area (Å²) in [6.07, 6.45) is 3.14. The Labute approximate surface area is 483 Å². The number of aromatic amines is 1. The van der Waals surface area contributed by atoms with Crippen LogP contribution in [0.25, 0.3) is 6.08 Å². The Bertz CT molecular complexity index is 2590. The van der Waals surface area contributed by atoms with Crippen molar-refractivity contribution in [1.82, 2.24) is 14.8 Å². The number of nitrogens with zero attached hydrogens (tertiary/aromatic N) is 3. The number of aryl methyl sites for hydroxylation is 1. The van der Waals surface area contributed by atoms with E-state index in [1.807, 2.05) is 5.32 Å². The number of aromatic nitrogens is 2. The molecule has 0 aliphatic carbocycles. The fourth-order valence-corrected chi connectivity index (χ4v) is 6.49. The van der Waals surface area contributed by atoms with Gasteiger partial charge in [-0.3, -0.25) is 24.2 Å². The van der Waals surface area contributed by atoms with Crippen molar-refractivity contribution in [2.24, 2.45) is 12.1 Å². The van der Waals surface area contributed by atoms with Crippen molar-refractivity contribution in [3.05, 3.63) is 70.0 Å². The number of allylic oxidation sites excluding steroid dienone is 2. The summed E-state index contributed by atoms with van der Waals surface area (Å²) < 4.78 is 145. The van der Waals surface area contributed by atoms with Gasteiger partial charge in [0.15, 0.2) is 12.4 Å². The van der Waals surface area contributed by atoms with E-state index >= 15 is 0 Å². The van der Waals surface area contributed by atoms with Gasteiger partial charge < -0.3 is 33.6 Å². The van der Waals surface area contributed by atoms with Gasteiger partial charge in [-0.15, -0.1) is 0 Å². The maximum atomic E-state index is 13.1. The van der Waals surface area contributed by atoms with Crippen LogP contribution in [0, 0.1) is 0 Å². The Morgan fingerprint density at radius 3 is 1.78 bits per heavy atom. The molecule has 2 amide bonds. The first kappa shape index (κ1) is 56.3. The number of nitrogens with one attached hydrogen (secondary N) is 3. The van der Waals surface area contributed by atoms with Crippen LogP contribution < -0.4 is 226 Å². The second kappa shape index (κ2) is 22.4. The van der Waals surface area contributed by atoms with Gasteiger partial charge in [-0.2, -0.15) is 5.10 Å². The number of hydrazone groups is 1. The molecular weight excluding hydrogens is 925 g/mol. The maximum Gasteiger partial charge on any atom is 1.00 e. The monoisotopic (exact) mass is 944 g/mol. The molecule has 55 heavy (non-hydrogen) atoms. The third-order valence-corrected chi connectivity index (χ3v) is 10.0. The predicted octanol–water partition coefficient (Wildman–Crippen LogP) is -13.8. The van der Waals surface area contributed by atoms with Crippen molar-refractivity contribution in [2.45, 2.75) is 19.6 Å². The number of anilines is 2. The number of hydrogen-bond acceptors (Lipinski definition) is 18. The quantitative estimate of drug-likeness (QED) is 0.0657. The van der Waals surface area contributed by atoms with Crippen molar-refractivity contribution in [1.29, 1.82) is 0 Å². The Hall–Kier alpha value is 1.33. The van der Waals surface area contributed by atoms with E-state index in [1.165, 1.54) is 7.05 Å². The Morgan fingerprint density at radius 2 is 1.29 bits per heavy atom. The Kier molecular flexibility index (Phi) is 23.0. The van der Waals surface area contributed by atoms with Crippen LogP contribution in [0.4, 0.5) is 11.4 Å². The second-order valence-corrected chi connectivity index (χ2v) is 15.4. The second-order valence-electron chi connectivity index (χ2n) is 9.99. The molecule has 0 saturated heterocycles. The summed E-state index contributed by atoms with van der Waals surface area (Å²) in [6, 6.07) is 3.25. The van der Waals surface area contributed by atoms with Crippen LogP contribution in [0.5, 0.6) is 5.88 Å². The molecule has 0 spiro atoms. The summed E-state index contributed by atoms with van der Waals surface area (Å²) in [5, 5.41) is 11.2. The van der Waals surface area contributed by atoms with Crippen LogP contribution in [0.3, 0.4) is 0 Å². The Morgan fingerprint density at radius 1 is 0.800 bits per heavy atom. The van der Waals surface area contributed by atoms with E-state index in [9.17, 15) is 66.3 Å². The molecule has 1 aliphatic rings. The summed E-state index contributed by atoms with van der Waals surface area (Å²) >= 11 is 0. The van der Waals surface area contributed by atoms with Crippen molar-refractivity contribution in [3.8, 4) is 5.88 Å². The molecule has 274 valence electrons. The number of H-pyrrole nitrogens is 1. The number of carbonyl (C=O) groups excluding carboxylic acids is 2. The van der Waals surface area contributed by atoms with Gasteiger partial charge in [-0.1, -0.05) is 6.08 Å². The third kappa shape index (κ3) is 14.7. The molecular formula is C25H20K4N6O16S4. The zero-order valence-electron chi connectivity index (χ0n) is 29.4. The van der Waals surface area contributed by atoms with E-state index in [-0.39, 0.29) is 217 Å². The van der Waals surface area contributed by atoms with Gasteiger partial charge in [0.05, 0.1) is 36.5 Å². The molecule has 4 rings (SSSR count). The first-order valence-corrected chi connectivity index (χ1v) is 18.9. The zero-order chi connectivity index (χ0) is 38.3. The molecule has 2 heterocycles. The largest absolute Gasteiger partial charge is 1.00 e. The topological polar surface area (TPSA) is 350 Å². The fourth-order valence-electron chi connectivity index (χ4n) is 4.25. The average molecular weight is 945 g/mol. The number of rotatable bonds is 12. The summed E-state index contributed by atoms with van der Waals surface area (Å²) in [4.78, 5) is 34.7. The van der Waals surface area contributed by atoms with Crippen LogP contribution in [0.15, 0.2) is 83.6 Å². The first-order chi connectivity index (χ1) is 23.4. The molecule has 2 aromatic carbocycles. The van der Waals surface area contributed by atoms with E-state index in [1.54, 1.807) is 0 Å². The number of likely N-dealkylation sites (N-methyl/N-ethyl adjacent to an activating group) is 1. The minimum absolute atomic E-state index is 0. The van der Waals surface area contributed by atoms with Gasteiger partial charge in [0.2, 0.25) is 5.88 Å². The molecule has 0 unspecified atom stereocenters. The number of amides is 2. The van der Waals surface area contributed by atoms with Crippen molar-refractivity contribution in [3.63, 3.8) is 0 Å². The smallest absolute Gasteiger partial charge is 0.744 e. The average Bonchev–Trinajstić information content (AvgIpc) is 3.44. The molecule has 0 atom stereocenters. The normalized spacial score (nSPS) is 13.9. The summed E-state index contributed by atoms with van der Waals surface area (Å²) in [6.45, 7) is -0.719. The molecule has 1 aromatic heterocycles. The van der Waals surface area contributed by atoms with Crippen LogP contribution in [-0.4, -0.2) is 98.0 Å². The fraction of sp³-hybridized carbons (Fsp3) is 0.120. The van der Waals surface area contributed by atoms with Gasteiger partial charge in [0, 0.05) is 14.1 Å². The van der Waals surface area contributed by atoms with Gasteiger partial charge >= 0.3 is 206 Å². The van der Waals surface area contributed by atoms with Crippen LogP contribution in [0.1, 0.15) is 5.56 Å². The standard InChI is InChI=1S/C25H24N6O16S4.4K/c1-30-24(33)15(21(28-30)22(32)27-18-11-14(49(38,39)40)7-9-20(18)51(44,45)46)4-3-5-16-23(29-31(2)25(16)34)47-12-26-17-10-13(48(35,36)37)6-8-19(17)50(41,42)43;;;;/h3-11,26,29H,12H2,1-2H3,(H,27,32)(H,35,36,37)(H,38,39,40)(H,41,42,43)(H,44,45,46);;;;/q;4*+1/p-4. The molecule has 0 fully saturated rings. The molecule has 0 saturated carbocycles. The summed E-state index contributed by atoms with van der Waals surface area (Å²) in [5.74, 6) is -2.52. The van der Waals surface area contributed by atoms with E-state index in [0.29, 0.717) is 41.4 Å². The molecule has 3 N–H and O–H groups in total. The van der Waals surface area contributed by atoms with E-state index in [0.717, 1.165) is 30.0 Å². The van der Waals surface area contributed by atoms with Crippen LogP contribution in [-0.2, 0) is 57.1 Å². The minimum Gasteiger partial charge on any atom is -0.744 e. The molecule has 0 bridgehead atoms. The molecule has 1 aliphatic heterocycles. The van der Waals surface area contributed by atoms with Crippen molar-refractivity contribution >= 4 is 75.4 Å². The van der Waals surface area contributed by atoms with Gasteiger partial charge in [-0.25, -0.2) is 38.7 Å². The Balaban J connectivity index is 0.00000729. The zero-order valence-corrected chi connectivity index (χ0v) is 45.2. The molecule has 0 radical (unpaired) electrons. The van der Waals surface area contributed by atoms with Gasteiger partial charge in [0.1, 0.15) is 46.0 Å². The number of benzene rings is 2. The van der Waals surface area contributed by atoms with Crippen LogP contribution in [0.2, 0.25) is 0 Å². The van der Waals surface area contributed by atoms with Crippen molar-refractivity contribution in [2.75, 3.05) is 24.4 Å². The number of hydrogen-bond donors (Lipinski definition) is 3. The minimum atomic E-state index is -5.32. The predicted molar refractivity (Wildman–Crippen MR) is 166 cm³/mol. The number of ether oxygens (including phenoxy) is 1. The first-order valence-electron chi connectivity index (χ1n) is 13.2. The van der Waals surface area contributed by atoms with Gasteiger partial charge in [0.25, 0.3) is 17.4 Å². The number of carbonyl (C=O) groups is 2. The SMILES string of the molecule is CN1N=C(C(=O)Nc2cc(S(=O)(=O)[O-])ccc2S(=O)(=O)[O-])C(=CC=Cc2c(OCNc3cc(S(=O)(=O)[O-])ccc3S(=O)(=O)[O-])[nH]n(C)c2=O)C1=O.[K+].[K+].[K+].[K+]. The van der Waals surface area contributed by atoms with E-state index in [4.69, 9.17) is 4.74 Å². The molecule has 3 aromatic rings. The van der Waals surface area contributed by atoms with E-state index in [2.05, 4.69) is 15.5 Å². The van der Waals surface area contributed by atoms with Crippen molar-refractivity contribution < 1.29 is 272 Å². The summed E-state index contributed by atoms with van der Waals surface area (Å²) in [5.41, 5.74) is -3.63. The van der Waals surface area contributed by atoms with E-state index < -0.39 is 107 Å². The molecule has 22 nitrogen and oxygen atoms in total. The van der Waals surface area contributed by atoms with Crippen LogP contribution >= 0.6 is 0 Å². The maximum absolute atomic E-state index is 13.1. The summed E-state index contributed by atoms with van der Waals surface area (Å²) in [7, 11) is -18.3.